The molecular weight excluding hydrogens is 626 g/mol. The summed E-state index contributed by atoms with van der Waals surface area (Å²) in [5.74, 6) is 1.14. The molecule has 0 bridgehead atoms. The fraction of sp³-hybridized carbons (Fsp3) is 0.238. The van der Waals surface area contributed by atoms with Gasteiger partial charge in [0.25, 0.3) is 0 Å². The molecule has 0 saturated carbocycles. The molecule has 8 heteroatoms. The van der Waals surface area contributed by atoms with Gasteiger partial charge in [-0.3, -0.25) is 0 Å². The molecule has 0 radical (unpaired) electrons. The van der Waals surface area contributed by atoms with Crippen molar-refractivity contribution >= 4 is 6.03 Å². The Kier molecular flexibility index (Phi) is 11.1. The van der Waals surface area contributed by atoms with Gasteiger partial charge < -0.3 is 29.5 Å². The first-order valence-corrected chi connectivity index (χ1v) is 16.8. The number of ether oxygens (including phenoxy) is 2. The fourth-order valence-electron chi connectivity index (χ4n) is 6.58. The molecule has 1 aliphatic rings. The summed E-state index contributed by atoms with van der Waals surface area (Å²) in [5.41, 5.74) is 4.83. The number of rotatable bonds is 12. The van der Waals surface area contributed by atoms with Crippen LogP contribution in [0.5, 0.6) is 11.5 Å². The standard InChI is InChI=1S/C42H41N3O5/c1-49-39-22-19-34(23-35(39)26-43)28-45-38(25-31-13-7-3-8-14-31)41(47)40(46)37(24-30-11-5-2-6-12-30)44(42(45)48)27-32-17-20-36(21-18-32)50-29-33-15-9-4-10-16-33/h2-23,37-38,40-41,46-47H,24-25,27-29H2,1H3/t37-,38-,40+,41+/m1/s1. The van der Waals surface area contributed by atoms with Crippen LogP contribution in [0.1, 0.15) is 33.4 Å². The van der Waals surface area contributed by atoms with Gasteiger partial charge in [0.15, 0.2) is 0 Å². The van der Waals surface area contributed by atoms with Crippen LogP contribution in [0.15, 0.2) is 133 Å². The molecule has 4 atom stereocenters. The summed E-state index contributed by atoms with van der Waals surface area (Å²) < 4.78 is 11.4. The molecule has 6 rings (SSSR count). The van der Waals surface area contributed by atoms with Gasteiger partial charge in [0.2, 0.25) is 0 Å². The van der Waals surface area contributed by atoms with Crippen molar-refractivity contribution in [1.82, 2.24) is 9.80 Å². The fourth-order valence-corrected chi connectivity index (χ4v) is 6.58. The predicted molar refractivity (Wildman–Crippen MR) is 191 cm³/mol. The topological polar surface area (TPSA) is 106 Å². The Labute approximate surface area is 293 Å². The summed E-state index contributed by atoms with van der Waals surface area (Å²) in [4.78, 5) is 18.3. The number of amides is 2. The summed E-state index contributed by atoms with van der Waals surface area (Å²) in [5, 5.41) is 33.8. The van der Waals surface area contributed by atoms with Crippen LogP contribution in [-0.4, -0.2) is 57.4 Å². The lowest BCUT2D eigenvalue weighted by Gasteiger charge is -2.36. The van der Waals surface area contributed by atoms with Crippen molar-refractivity contribution < 1.29 is 24.5 Å². The van der Waals surface area contributed by atoms with Gasteiger partial charge >= 0.3 is 6.03 Å². The molecule has 0 unspecified atom stereocenters. The largest absolute Gasteiger partial charge is 0.495 e. The van der Waals surface area contributed by atoms with Crippen molar-refractivity contribution in [3.05, 3.63) is 167 Å². The van der Waals surface area contributed by atoms with Crippen LogP contribution in [0.2, 0.25) is 0 Å². The minimum Gasteiger partial charge on any atom is -0.495 e. The zero-order valence-electron chi connectivity index (χ0n) is 28.0. The highest BCUT2D eigenvalue weighted by atomic mass is 16.5. The van der Waals surface area contributed by atoms with E-state index >= 15 is 0 Å². The molecule has 50 heavy (non-hydrogen) atoms. The number of carbonyl (C=O) groups excluding carboxylic acids is 1. The van der Waals surface area contributed by atoms with E-state index in [4.69, 9.17) is 9.47 Å². The van der Waals surface area contributed by atoms with E-state index in [-0.39, 0.29) is 19.1 Å². The Balaban J connectivity index is 1.36. The Hall–Kier alpha value is -5.62. The third-order valence-corrected chi connectivity index (χ3v) is 9.27. The first-order valence-electron chi connectivity index (χ1n) is 16.8. The molecular formula is C42H41N3O5. The number of hydrogen-bond donors (Lipinski definition) is 2. The molecule has 0 spiro atoms. The maximum absolute atomic E-state index is 15.0. The molecule has 254 valence electrons. The van der Waals surface area contributed by atoms with Crippen LogP contribution in [0.25, 0.3) is 0 Å². The second kappa shape index (κ2) is 16.2. The van der Waals surface area contributed by atoms with E-state index in [9.17, 15) is 20.3 Å². The van der Waals surface area contributed by atoms with Crippen molar-refractivity contribution in [3.8, 4) is 17.6 Å². The maximum Gasteiger partial charge on any atom is 0.321 e. The zero-order valence-corrected chi connectivity index (χ0v) is 28.0. The summed E-state index contributed by atoms with van der Waals surface area (Å²) in [7, 11) is 1.51. The Morgan fingerprint density at radius 3 is 1.62 bits per heavy atom. The second-order valence-corrected chi connectivity index (χ2v) is 12.6. The van der Waals surface area contributed by atoms with E-state index in [0.717, 1.165) is 22.3 Å². The number of carbonyl (C=O) groups is 1. The number of hydrogen-bond acceptors (Lipinski definition) is 6. The molecule has 1 aliphatic heterocycles. The van der Waals surface area contributed by atoms with Gasteiger partial charge in [-0.2, -0.15) is 5.26 Å². The number of urea groups is 1. The Morgan fingerprint density at radius 1 is 0.640 bits per heavy atom. The summed E-state index contributed by atoms with van der Waals surface area (Å²) in [6, 6.07) is 42.5. The first-order chi connectivity index (χ1) is 24.4. The van der Waals surface area contributed by atoms with E-state index in [1.54, 1.807) is 21.9 Å². The third-order valence-electron chi connectivity index (χ3n) is 9.27. The summed E-state index contributed by atoms with van der Waals surface area (Å²) in [6.07, 6.45) is -1.85. The molecule has 0 aliphatic carbocycles. The molecule has 8 nitrogen and oxygen atoms in total. The molecule has 1 heterocycles. The number of methoxy groups -OCH3 is 1. The highest BCUT2D eigenvalue weighted by Gasteiger charge is 2.46. The van der Waals surface area contributed by atoms with E-state index in [1.807, 2.05) is 121 Å². The third kappa shape index (κ3) is 8.15. The Morgan fingerprint density at radius 2 is 1.12 bits per heavy atom. The van der Waals surface area contributed by atoms with Crippen LogP contribution in [0.4, 0.5) is 4.79 Å². The molecule has 5 aromatic rings. The SMILES string of the molecule is COc1ccc(CN2C(=O)N(Cc3ccc(OCc4ccccc4)cc3)[C@H](Cc3ccccc3)[C@H](O)[C@@H](O)[C@H]2Cc2ccccc2)cc1C#N. The van der Waals surface area contributed by atoms with E-state index in [2.05, 4.69) is 6.07 Å². The molecule has 2 N–H and O–H groups in total. The van der Waals surface area contributed by atoms with Crippen LogP contribution in [0.3, 0.4) is 0 Å². The van der Waals surface area contributed by atoms with Gasteiger partial charge in [-0.25, -0.2) is 4.79 Å². The highest BCUT2D eigenvalue weighted by molar-refractivity contribution is 5.76. The van der Waals surface area contributed by atoms with Crippen LogP contribution < -0.4 is 9.47 Å². The average molecular weight is 668 g/mol. The van der Waals surface area contributed by atoms with Gasteiger partial charge in [-0.15, -0.1) is 0 Å². The van der Waals surface area contributed by atoms with Crippen LogP contribution in [0, 0.1) is 11.3 Å². The van der Waals surface area contributed by atoms with Crippen molar-refractivity contribution in [2.24, 2.45) is 0 Å². The lowest BCUT2D eigenvalue weighted by molar-refractivity contribution is -0.0408. The summed E-state index contributed by atoms with van der Waals surface area (Å²) >= 11 is 0. The predicted octanol–water partition coefficient (Wildman–Crippen LogP) is 6.53. The van der Waals surface area contributed by atoms with Gasteiger partial charge in [0.05, 0.1) is 24.8 Å². The lowest BCUT2D eigenvalue weighted by Crippen LogP contribution is -2.50. The molecule has 2 amide bonds. The van der Waals surface area contributed by atoms with Crippen molar-refractivity contribution in [1.29, 1.82) is 5.26 Å². The van der Waals surface area contributed by atoms with Crippen molar-refractivity contribution in [2.45, 2.75) is 56.8 Å². The lowest BCUT2D eigenvalue weighted by atomic mass is 9.91. The highest BCUT2D eigenvalue weighted by Crippen LogP contribution is 2.31. The number of benzene rings is 5. The minimum atomic E-state index is -1.26. The second-order valence-electron chi connectivity index (χ2n) is 12.6. The first kappa shape index (κ1) is 34.3. The minimum absolute atomic E-state index is 0.111. The van der Waals surface area contributed by atoms with Crippen molar-refractivity contribution in [2.75, 3.05) is 7.11 Å². The smallest absolute Gasteiger partial charge is 0.321 e. The van der Waals surface area contributed by atoms with Crippen LogP contribution >= 0.6 is 0 Å². The van der Waals surface area contributed by atoms with E-state index < -0.39 is 24.3 Å². The molecule has 0 aromatic heterocycles. The van der Waals surface area contributed by atoms with Gasteiger partial charge in [0.1, 0.15) is 36.4 Å². The van der Waals surface area contributed by atoms with Gasteiger partial charge in [-0.05, 0) is 64.9 Å². The van der Waals surface area contributed by atoms with Gasteiger partial charge in [-0.1, -0.05) is 109 Å². The van der Waals surface area contributed by atoms with Crippen LogP contribution in [-0.2, 0) is 32.5 Å². The maximum atomic E-state index is 15.0. The zero-order chi connectivity index (χ0) is 34.9. The van der Waals surface area contributed by atoms with Crippen molar-refractivity contribution in [3.63, 3.8) is 0 Å². The number of nitriles is 1. The Bertz CT molecular complexity index is 1880. The van der Waals surface area contributed by atoms with Gasteiger partial charge in [0, 0.05) is 13.1 Å². The normalized spacial score (nSPS) is 19.0. The molecule has 5 aromatic carbocycles. The molecule has 1 saturated heterocycles. The number of aliphatic hydroxyl groups is 2. The molecule has 1 fully saturated rings. The number of aliphatic hydroxyl groups excluding tert-OH is 2. The quantitative estimate of drug-likeness (QED) is 0.157. The van der Waals surface area contributed by atoms with E-state index in [1.165, 1.54) is 7.11 Å². The average Bonchev–Trinajstić information content (AvgIpc) is 3.22. The van der Waals surface area contributed by atoms with E-state index in [0.29, 0.717) is 42.1 Å². The summed E-state index contributed by atoms with van der Waals surface area (Å²) in [6.45, 7) is 0.740. The number of nitrogens with zero attached hydrogens (tertiary/aromatic N) is 3. The monoisotopic (exact) mass is 667 g/mol.